The van der Waals surface area contributed by atoms with Gasteiger partial charge < -0.3 is 15.2 Å². The van der Waals surface area contributed by atoms with Gasteiger partial charge >= 0.3 is 12.1 Å². The molecule has 0 fully saturated rings. The lowest BCUT2D eigenvalue weighted by atomic mass is 10.2. The molecule has 2 aromatic rings. The number of carboxylic acids is 1. The van der Waals surface area contributed by atoms with Crippen LogP contribution in [0.15, 0.2) is 35.8 Å². The molecule has 116 valence electrons. The molecule has 0 aliphatic carbocycles. The first kappa shape index (κ1) is 16.3. The predicted octanol–water partition coefficient (Wildman–Crippen LogP) is 2.72. The van der Waals surface area contributed by atoms with Crippen molar-refractivity contribution in [2.24, 2.45) is 0 Å². The van der Waals surface area contributed by atoms with Gasteiger partial charge in [0.1, 0.15) is 17.0 Å². The summed E-state index contributed by atoms with van der Waals surface area (Å²) in [6.07, 6.45) is -0.805. The summed E-state index contributed by atoms with van der Waals surface area (Å²) in [5.74, 6) is -1.18. The Labute approximate surface area is 135 Å². The van der Waals surface area contributed by atoms with Crippen LogP contribution in [0, 0.1) is 0 Å². The lowest BCUT2D eigenvalue weighted by Gasteiger charge is -2.13. The van der Waals surface area contributed by atoms with Gasteiger partial charge in [-0.15, -0.1) is 11.3 Å². The number of ether oxygens (including phenoxy) is 1. The monoisotopic (exact) mass is 340 g/mol. The van der Waals surface area contributed by atoms with Crippen LogP contribution in [0.3, 0.4) is 0 Å². The smallest absolute Gasteiger partial charge is 0.408 e. The van der Waals surface area contributed by atoms with Crippen molar-refractivity contribution in [3.8, 4) is 0 Å². The Bertz CT molecular complexity index is 647. The van der Waals surface area contributed by atoms with Crippen molar-refractivity contribution in [2.45, 2.75) is 19.1 Å². The number of hydrogen-bond acceptors (Lipinski definition) is 5. The van der Waals surface area contributed by atoms with Crippen molar-refractivity contribution in [3.05, 3.63) is 51.4 Å². The maximum atomic E-state index is 11.7. The van der Waals surface area contributed by atoms with E-state index >= 15 is 0 Å². The van der Waals surface area contributed by atoms with E-state index < -0.39 is 18.1 Å². The molecule has 1 amide bonds. The second-order valence-electron chi connectivity index (χ2n) is 4.37. The number of thiazole rings is 1. The third-order valence-corrected chi connectivity index (χ3v) is 3.93. The molecular formula is C14H13ClN2O4S. The molecular weight excluding hydrogens is 328 g/mol. The third kappa shape index (κ3) is 4.71. The lowest BCUT2D eigenvalue weighted by Crippen LogP contribution is -2.42. The molecule has 0 aliphatic rings. The molecule has 2 N–H and O–H groups in total. The molecule has 1 heterocycles. The zero-order valence-corrected chi connectivity index (χ0v) is 12.9. The topological polar surface area (TPSA) is 88.5 Å². The summed E-state index contributed by atoms with van der Waals surface area (Å²) in [6.45, 7) is 0.0659. The van der Waals surface area contributed by atoms with Crippen molar-refractivity contribution in [1.29, 1.82) is 0 Å². The SMILES string of the molecule is O=C(NC(Cc1ncsc1Cl)C(=O)O)OCc1ccccc1. The van der Waals surface area contributed by atoms with E-state index in [1.807, 2.05) is 18.2 Å². The zero-order chi connectivity index (χ0) is 15.9. The molecule has 0 bridgehead atoms. The molecule has 1 aromatic carbocycles. The van der Waals surface area contributed by atoms with Gasteiger partial charge in [0.25, 0.3) is 0 Å². The Balaban J connectivity index is 1.89. The Kier molecular flexibility index (Phi) is 5.74. The molecule has 1 atom stereocenters. The average molecular weight is 341 g/mol. The first-order valence-electron chi connectivity index (χ1n) is 6.34. The zero-order valence-electron chi connectivity index (χ0n) is 11.4. The largest absolute Gasteiger partial charge is 0.480 e. The highest BCUT2D eigenvalue weighted by atomic mass is 35.5. The Morgan fingerprint density at radius 3 is 2.68 bits per heavy atom. The number of carbonyl (C=O) groups excluding carboxylic acids is 1. The van der Waals surface area contributed by atoms with E-state index in [1.54, 1.807) is 12.1 Å². The third-order valence-electron chi connectivity index (χ3n) is 2.79. The molecule has 1 unspecified atom stereocenters. The summed E-state index contributed by atoms with van der Waals surface area (Å²) in [6, 6.07) is 7.94. The lowest BCUT2D eigenvalue weighted by molar-refractivity contribution is -0.139. The predicted molar refractivity (Wildman–Crippen MR) is 82.0 cm³/mol. The second-order valence-corrected chi connectivity index (χ2v) is 5.83. The summed E-state index contributed by atoms with van der Waals surface area (Å²) < 4.78 is 5.40. The van der Waals surface area contributed by atoms with Crippen LogP contribution in [0.5, 0.6) is 0 Å². The number of hydrogen-bond donors (Lipinski definition) is 2. The molecule has 0 saturated carbocycles. The number of aromatic nitrogens is 1. The first-order valence-corrected chi connectivity index (χ1v) is 7.60. The van der Waals surface area contributed by atoms with Gasteiger partial charge in [0.15, 0.2) is 0 Å². The van der Waals surface area contributed by atoms with Crippen LogP contribution in [0.25, 0.3) is 0 Å². The number of rotatable bonds is 6. The van der Waals surface area contributed by atoms with E-state index in [1.165, 1.54) is 16.8 Å². The summed E-state index contributed by atoms with van der Waals surface area (Å²) >= 11 is 7.09. The van der Waals surface area contributed by atoms with Gasteiger partial charge in [0, 0.05) is 6.42 Å². The number of nitrogens with one attached hydrogen (secondary N) is 1. The minimum Gasteiger partial charge on any atom is -0.480 e. The van der Waals surface area contributed by atoms with Crippen LogP contribution >= 0.6 is 22.9 Å². The van der Waals surface area contributed by atoms with Gasteiger partial charge in [-0.2, -0.15) is 0 Å². The number of halogens is 1. The van der Waals surface area contributed by atoms with Crippen LogP contribution in [0.2, 0.25) is 4.34 Å². The van der Waals surface area contributed by atoms with Gasteiger partial charge in [-0.3, -0.25) is 0 Å². The van der Waals surface area contributed by atoms with Crippen molar-refractivity contribution < 1.29 is 19.4 Å². The highest BCUT2D eigenvalue weighted by Crippen LogP contribution is 2.21. The van der Waals surface area contributed by atoms with Crippen molar-refractivity contribution in [2.75, 3.05) is 0 Å². The molecule has 0 radical (unpaired) electrons. The Morgan fingerprint density at radius 1 is 1.36 bits per heavy atom. The van der Waals surface area contributed by atoms with E-state index in [-0.39, 0.29) is 13.0 Å². The molecule has 6 nitrogen and oxygen atoms in total. The summed E-state index contributed by atoms with van der Waals surface area (Å²) in [5, 5.41) is 11.5. The molecule has 1 aromatic heterocycles. The van der Waals surface area contributed by atoms with E-state index in [0.29, 0.717) is 10.0 Å². The van der Waals surface area contributed by atoms with Gasteiger partial charge in [-0.25, -0.2) is 14.6 Å². The number of alkyl carbamates (subject to hydrolysis) is 1. The van der Waals surface area contributed by atoms with Gasteiger partial charge in [-0.1, -0.05) is 41.9 Å². The van der Waals surface area contributed by atoms with Crippen molar-refractivity contribution >= 4 is 35.0 Å². The van der Waals surface area contributed by atoms with Gasteiger partial charge in [0.05, 0.1) is 11.2 Å². The highest BCUT2D eigenvalue weighted by Gasteiger charge is 2.23. The fourth-order valence-corrected chi connectivity index (χ4v) is 2.48. The number of aliphatic carboxylic acids is 1. The van der Waals surface area contributed by atoms with Crippen LogP contribution < -0.4 is 5.32 Å². The van der Waals surface area contributed by atoms with Crippen LogP contribution in [0.4, 0.5) is 4.79 Å². The fourth-order valence-electron chi connectivity index (χ4n) is 1.69. The maximum absolute atomic E-state index is 11.7. The average Bonchev–Trinajstić information content (AvgIpc) is 2.91. The fraction of sp³-hybridized carbons (Fsp3) is 0.214. The standard InChI is InChI=1S/C14H13ClN2O4S/c15-12-10(16-8-22-12)6-11(13(18)19)17-14(20)21-7-9-4-2-1-3-5-9/h1-5,8,11H,6-7H2,(H,17,20)(H,18,19). The molecule has 22 heavy (non-hydrogen) atoms. The Morgan fingerprint density at radius 2 is 2.09 bits per heavy atom. The molecule has 0 saturated heterocycles. The number of benzene rings is 1. The van der Waals surface area contributed by atoms with E-state index in [4.69, 9.17) is 21.4 Å². The summed E-state index contributed by atoms with van der Waals surface area (Å²) in [5.41, 5.74) is 2.76. The maximum Gasteiger partial charge on any atom is 0.408 e. The molecule has 2 rings (SSSR count). The summed E-state index contributed by atoms with van der Waals surface area (Å²) in [4.78, 5) is 26.9. The minimum absolute atomic E-state index is 0.00188. The second kappa shape index (κ2) is 7.77. The van der Waals surface area contributed by atoms with Gasteiger partial charge in [-0.05, 0) is 5.56 Å². The normalized spacial score (nSPS) is 11.7. The van der Waals surface area contributed by atoms with Crippen LogP contribution in [-0.2, 0) is 22.6 Å². The van der Waals surface area contributed by atoms with E-state index in [0.717, 1.165) is 5.56 Å². The summed E-state index contributed by atoms with van der Waals surface area (Å²) in [7, 11) is 0. The number of carboxylic acid groups (broad SMARTS) is 1. The Hall–Kier alpha value is -2.12. The molecule has 0 spiro atoms. The van der Waals surface area contributed by atoms with Gasteiger partial charge in [0.2, 0.25) is 0 Å². The molecule has 0 aliphatic heterocycles. The van der Waals surface area contributed by atoms with Crippen molar-refractivity contribution in [1.82, 2.24) is 10.3 Å². The van der Waals surface area contributed by atoms with E-state index in [2.05, 4.69) is 10.3 Å². The number of amides is 1. The quantitative estimate of drug-likeness (QED) is 0.844. The van der Waals surface area contributed by atoms with Crippen molar-refractivity contribution in [3.63, 3.8) is 0 Å². The molecule has 8 heteroatoms. The van der Waals surface area contributed by atoms with E-state index in [9.17, 15) is 9.59 Å². The first-order chi connectivity index (χ1) is 10.6. The number of carbonyl (C=O) groups is 2. The minimum atomic E-state index is -1.18. The van der Waals surface area contributed by atoms with Crippen LogP contribution in [-0.4, -0.2) is 28.2 Å². The number of nitrogens with zero attached hydrogens (tertiary/aromatic N) is 1. The highest BCUT2D eigenvalue weighted by molar-refractivity contribution is 7.14. The van der Waals surface area contributed by atoms with Crippen LogP contribution in [0.1, 0.15) is 11.3 Å².